The number of carbonyl (C=O) groups excluding carboxylic acids is 1. The van der Waals surface area contributed by atoms with Crippen molar-refractivity contribution >= 4 is 39.3 Å². The first kappa shape index (κ1) is 24.2. The van der Waals surface area contributed by atoms with Crippen molar-refractivity contribution in [2.24, 2.45) is 4.99 Å². The summed E-state index contributed by atoms with van der Waals surface area (Å²) >= 11 is 4.74. The number of aromatic nitrogens is 1. The van der Waals surface area contributed by atoms with E-state index in [4.69, 9.17) is 9.47 Å². The summed E-state index contributed by atoms with van der Waals surface area (Å²) in [5.74, 6) is 0.248. The summed E-state index contributed by atoms with van der Waals surface area (Å²) in [6.07, 6.45) is 1.88. The maximum absolute atomic E-state index is 13.6. The lowest BCUT2D eigenvalue weighted by molar-refractivity contribution is -0.139. The zero-order valence-electron chi connectivity index (χ0n) is 19.4. The van der Waals surface area contributed by atoms with Gasteiger partial charge < -0.3 is 9.47 Å². The third-order valence-corrected chi connectivity index (χ3v) is 6.76. The van der Waals surface area contributed by atoms with Crippen LogP contribution in [-0.4, -0.2) is 23.2 Å². The Hall–Kier alpha value is -2.97. The van der Waals surface area contributed by atoms with Crippen molar-refractivity contribution in [1.29, 1.82) is 0 Å². The standard InChI is InChI=1S/C26H25BrN2O4S/c1-5-32-25(31)22-16(4)28-26-29(23(22)18-8-12-20(13-9-18)33-15(2)3)24(30)21(34-26)14-17-6-10-19(27)11-7-17/h6-15,23H,5H2,1-4H3/b21-14-/t23-/m1/s1. The van der Waals surface area contributed by atoms with Crippen molar-refractivity contribution < 1.29 is 14.3 Å². The van der Waals surface area contributed by atoms with Gasteiger partial charge >= 0.3 is 5.97 Å². The van der Waals surface area contributed by atoms with Gasteiger partial charge in [0.1, 0.15) is 5.75 Å². The van der Waals surface area contributed by atoms with Gasteiger partial charge in [0, 0.05) is 4.47 Å². The smallest absolute Gasteiger partial charge is 0.338 e. The van der Waals surface area contributed by atoms with Crippen molar-refractivity contribution in [3.63, 3.8) is 0 Å². The van der Waals surface area contributed by atoms with Gasteiger partial charge in [-0.3, -0.25) is 9.36 Å². The van der Waals surface area contributed by atoms with Crippen molar-refractivity contribution in [2.75, 3.05) is 6.61 Å². The Balaban J connectivity index is 1.89. The van der Waals surface area contributed by atoms with Gasteiger partial charge in [-0.2, -0.15) is 0 Å². The number of benzene rings is 2. The maximum atomic E-state index is 13.6. The lowest BCUT2D eigenvalue weighted by Crippen LogP contribution is -2.39. The number of allylic oxidation sites excluding steroid dienone is 1. The Morgan fingerprint density at radius 2 is 1.85 bits per heavy atom. The molecule has 3 aromatic rings. The summed E-state index contributed by atoms with van der Waals surface area (Å²) in [7, 11) is 0. The molecule has 1 aliphatic rings. The van der Waals surface area contributed by atoms with E-state index in [2.05, 4.69) is 20.9 Å². The number of rotatable bonds is 6. The minimum atomic E-state index is -0.643. The third kappa shape index (κ3) is 4.93. The van der Waals surface area contributed by atoms with Gasteiger partial charge in [0.25, 0.3) is 5.56 Å². The number of halogens is 1. The van der Waals surface area contributed by atoms with Crippen molar-refractivity contribution in [3.05, 3.63) is 95.1 Å². The highest BCUT2D eigenvalue weighted by molar-refractivity contribution is 9.10. The van der Waals surface area contributed by atoms with E-state index >= 15 is 0 Å². The molecule has 2 heterocycles. The molecule has 1 atom stereocenters. The first-order valence-electron chi connectivity index (χ1n) is 11.0. The van der Waals surface area contributed by atoms with Crippen LogP contribution in [0.3, 0.4) is 0 Å². The second-order valence-corrected chi connectivity index (χ2v) is 10.0. The van der Waals surface area contributed by atoms with E-state index in [1.807, 2.05) is 68.5 Å². The highest BCUT2D eigenvalue weighted by atomic mass is 79.9. The SMILES string of the molecule is CCOC(=O)C1=C(C)N=c2s/c(=C\c3ccc(Br)cc3)c(=O)n2[C@@H]1c1ccc(OC(C)C)cc1. The molecule has 176 valence electrons. The van der Waals surface area contributed by atoms with Gasteiger partial charge in [-0.1, -0.05) is 51.5 Å². The first-order valence-corrected chi connectivity index (χ1v) is 12.6. The lowest BCUT2D eigenvalue weighted by atomic mass is 9.96. The van der Waals surface area contributed by atoms with Gasteiger partial charge in [-0.25, -0.2) is 9.79 Å². The molecule has 8 heteroatoms. The van der Waals surface area contributed by atoms with Crippen LogP contribution in [0.25, 0.3) is 6.08 Å². The number of nitrogens with zero attached hydrogens (tertiary/aromatic N) is 2. The predicted molar refractivity (Wildman–Crippen MR) is 137 cm³/mol. The Bertz CT molecular complexity index is 1420. The van der Waals surface area contributed by atoms with E-state index in [-0.39, 0.29) is 18.3 Å². The lowest BCUT2D eigenvalue weighted by Gasteiger charge is -2.25. The van der Waals surface area contributed by atoms with Gasteiger partial charge in [-0.05, 0) is 69.2 Å². The van der Waals surface area contributed by atoms with Crippen LogP contribution < -0.4 is 19.6 Å². The van der Waals surface area contributed by atoms with Gasteiger partial charge in [0.05, 0.1) is 34.6 Å². The average molecular weight is 541 g/mol. The fourth-order valence-corrected chi connectivity index (χ4v) is 5.13. The van der Waals surface area contributed by atoms with Crippen molar-refractivity contribution in [3.8, 4) is 5.75 Å². The summed E-state index contributed by atoms with van der Waals surface area (Å²) in [6.45, 7) is 7.69. The molecule has 0 amide bonds. The van der Waals surface area contributed by atoms with E-state index in [1.165, 1.54) is 11.3 Å². The van der Waals surface area contributed by atoms with Crippen LogP contribution in [0.4, 0.5) is 0 Å². The molecule has 0 bridgehead atoms. The second kappa shape index (κ2) is 10.1. The van der Waals surface area contributed by atoms with E-state index in [0.717, 1.165) is 21.3 Å². The molecule has 0 saturated carbocycles. The topological polar surface area (TPSA) is 69.9 Å². The fourth-order valence-electron chi connectivity index (χ4n) is 3.82. The second-order valence-electron chi connectivity index (χ2n) is 8.09. The number of esters is 1. The number of hydrogen-bond donors (Lipinski definition) is 0. The zero-order chi connectivity index (χ0) is 24.4. The van der Waals surface area contributed by atoms with E-state index in [0.29, 0.717) is 20.6 Å². The van der Waals surface area contributed by atoms with Crippen LogP contribution in [-0.2, 0) is 9.53 Å². The van der Waals surface area contributed by atoms with Gasteiger partial charge in [0.2, 0.25) is 0 Å². The molecular formula is C26H25BrN2O4S. The third-order valence-electron chi connectivity index (χ3n) is 5.25. The molecule has 34 heavy (non-hydrogen) atoms. The molecule has 1 aromatic heterocycles. The Kier molecular flexibility index (Phi) is 7.19. The largest absolute Gasteiger partial charge is 0.491 e. The van der Waals surface area contributed by atoms with Crippen LogP contribution in [0.15, 0.2) is 74.1 Å². The number of ether oxygens (including phenoxy) is 2. The minimum absolute atomic E-state index is 0.0411. The van der Waals surface area contributed by atoms with E-state index in [1.54, 1.807) is 18.4 Å². The van der Waals surface area contributed by atoms with Gasteiger partial charge in [0.15, 0.2) is 4.80 Å². The Morgan fingerprint density at radius 1 is 1.18 bits per heavy atom. The number of thiazole rings is 1. The molecular weight excluding hydrogens is 516 g/mol. The fraction of sp³-hybridized carbons (Fsp3) is 0.269. The summed E-state index contributed by atoms with van der Waals surface area (Å²) in [4.78, 5) is 31.7. The molecule has 0 spiro atoms. The maximum Gasteiger partial charge on any atom is 0.338 e. The molecule has 0 N–H and O–H groups in total. The number of fused-ring (bicyclic) bond motifs is 1. The summed E-state index contributed by atoms with van der Waals surface area (Å²) in [6, 6.07) is 14.5. The van der Waals surface area contributed by atoms with Crippen LogP contribution in [0, 0.1) is 0 Å². The molecule has 0 unspecified atom stereocenters. The van der Waals surface area contributed by atoms with Crippen LogP contribution in [0.5, 0.6) is 5.75 Å². The molecule has 1 aliphatic heterocycles. The molecule has 2 aromatic carbocycles. The van der Waals surface area contributed by atoms with Crippen LogP contribution in [0.1, 0.15) is 44.9 Å². The first-order chi connectivity index (χ1) is 16.3. The van der Waals surface area contributed by atoms with Crippen LogP contribution in [0.2, 0.25) is 0 Å². The van der Waals surface area contributed by atoms with Crippen LogP contribution >= 0.6 is 27.3 Å². The minimum Gasteiger partial charge on any atom is -0.491 e. The molecule has 0 saturated heterocycles. The number of carbonyl (C=O) groups is 1. The predicted octanol–water partition coefficient (Wildman–Crippen LogP) is 4.35. The summed E-state index contributed by atoms with van der Waals surface area (Å²) in [5, 5.41) is 0. The molecule has 0 aliphatic carbocycles. The highest BCUT2D eigenvalue weighted by Crippen LogP contribution is 2.31. The van der Waals surface area contributed by atoms with Crippen molar-refractivity contribution in [1.82, 2.24) is 4.57 Å². The Morgan fingerprint density at radius 3 is 2.47 bits per heavy atom. The Labute approximate surface area is 210 Å². The quantitative estimate of drug-likeness (QED) is 0.436. The molecule has 0 radical (unpaired) electrons. The highest BCUT2D eigenvalue weighted by Gasteiger charge is 2.33. The normalized spacial score (nSPS) is 15.8. The number of hydrogen-bond acceptors (Lipinski definition) is 6. The zero-order valence-corrected chi connectivity index (χ0v) is 21.8. The summed E-state index contributed by atoms with van der Waals surface area (Å²) in [5.41, 5.74) is 2.39. The monoisotopic (exact) mass is 540 g/mol. The van der Waals surface area contributed by atoms with Gasteiger partial charge in [-0.15, -0.1) is 0 Å². The molecule has 4 rings (SSSR count). The van der Waals surface area contributed by atoms with Crippen molar-refractivity contribution in [2.45, 2.75) is 39.8 Å². The molecule has 0 fully saturated rings. The summed E-state index contributed by atoms with van der Waals surface area (Å²) < 4.78 is 14.2. The average Bonchev–Trinajstić information content (AvgIpc) is 3.09. The molecule has 6 nitrogen and oxygen atoms in total. The van der Waals surface area contributed by atoms with E-state index < -0.39 is 12.0 Å². The van der Waals surface area contributed by atoms with E-state index in [9.17, 15) is 9.59 Å².